The molecule has 1 aromatic carbocycles. The maximum absolute atomic E-state index is 12.7. The van der Waals surface area contributed by atoms with Crippen LogP contribution in [-0.2, 0) is 14.3 Å². The number of likely N-dealkylation sites (tertiary alicyclic amines) is 1. The van der Waals surface area contributed by atoms with Crippen LogP contribution in [0.5, 0.6) is 0 Å². The highest BCUT2D eigenvalue weighted by molar-refractivity contribution is 5.96. The van der Waals surface area contributed by atoms with E-state index in [1.807, 2.05) is 0 Å². The summed E-state index contributed by atoms with van der Waals surface area (Å²) >= 11 is 0. The lowest BCUT2D eigenvalue weighted by molar-refractivity contribution is -0.122. The molecule has 4 amide bonds. The minimum atomic E-state index is -0.580. The summed E-state index contributed by atoms with van der Waals surface area (Å²) in [5.41, 5.74) is 0.519. The van der Waals surface area contributed by atoms with Crippen LogP contribution in [0.4, 0.5) is 10.5 Å². The van der Waals surface area contributed by atoms with Crippen LogP contribution in [0.3, 0.4) is 0 Å². The number of benzene rings is 1. The van der Waals surface area contributed by atoms with Crippen molar-refractivity contribution in [2.75, 3.05) is 25.0 Å². The number of nitrogens with one attached hydrogen (secondary N) is 3. The maximum atomic E-state index is 12.7. The zero-order chi connectivity index (χ0) is 23.0. The summed E-state index contributed by atoms with van der Waals surface area (Å²) in [7, 11) is 0. The van der Waals surface area contributed by atoms with Gasteiger partial charge in [-0.3, -0.25) is 14.4 Å². The third-order valence-electron chi connectivity index (χ3n) is 4.60. The first-order chi connectivity index (χ1) is 14.5. The lowest BCUT2D eigenvalue weighted by Gasteiger charge is -2.32. The molecule has 0 aromatic heterocycles. The summed E-state index contributed by atoms with van der Waals surface area (Å²) in [6.07, 6.45) is 0.925. The first-order valence-electron chi connectivity index (χ1n) is 10.5. The molecule has 1 aliphatic heterocycles. The van der Waals surface area contributed by atoms with Crippen LogP contribution in [0.2, 0.25) is 0 Å². The zero-order valence-corrected chi connectivity index (χ0v) is 18.6. The molecule has 1 aliphatic rings. The molecular weight excluding hydrogens is 400 g/mol. The predicted octanol–water partition coefficient (Wildman–Crippen LogP) is 2.28. The molecule has 0 unspecified atom stereocenters. The van der Waals surface area contributed by atoms with Crippen molar-refractivity contribution in [2.45, 2.75) is 58.6 Å². The van der Waals surface area contributed by atoms with Crippen molar-refractivity contribution in [3.8, 4) is 0 Å². The quantitative estimate of drug-likeness (QED) is 0.638. The van der Waals surface area contributed by atoms with Gasteiger partial charge < -0.3 is 25.6 Å². The number of rotatable bonds is 6. The Morgan fingerprint density at radius 3 is 2.42 bits per heavy atom. The maximum Gasteiger partial charge on any atom is 0.407 e. The molecule has 1 fully saturated rings. The second kappa shape index (κ2) is 10.8. The molecule has 31 heavy (non-hydrogen) atoms. The standard InChI is InChI=1S/C22H32N4O5/c1-15(27)24-18-7-5-6-16(14-18)20(29)26-12-9-17(10-13-26)25-19(28)8-11-23-21(30)31-22(2,3)4/h5-7,14,17H,8-13H2,1-4H3,(H,23,30)(H,24,27)(H,25,28). The van der Waals surface area contributed by atoms with Crippen molar-refractivity contribution in [1.82, 2.24) is 15.5 Å². The van der Waals surface area contributed by atoms with Gasteiger partial charge in [0.2, 0.25) is 11.8 Å². The van der Waals surface area contributed by atoms with Gasteiger partial charge in [0.25, 0.3) is 5.91 Å². The molecule has 3 N–H and O–H groups in total. The van der Waals surface area contributed by atoms with Crippen molar-refractivity contribution in [3.05, 3.63) is 29.8 Å². The molecule has 170 valence electrons. The average molecular weight is 433 g/mol. The fourth-order valence-electron chi connectivity index (χ4n) is 3.23. The number of nitrogens with zero attached hydrogens (tertiary/aromatic N) is 1. The minimum Gasteiger partial charge on any atom is -0.444 e. The number of piperidine rings is 1. The summed E-state index contributed by atoms with van der Waals surface area (Å²) in [5, 5.41) is 8.19. The number of carbonyl (C=O) groups excluding carboxylic acids is 4. The Morgan fingerprint density at radius 2 is 1.81 bits per heavy atom. The van der Waals surface area contributed by atoms with E-state index in [-0.39, 0.29) is 36.7 Å². The van der Waals surface area contributed by atoms with Crippen molar-refractivity contribution in [2.24, 2.45) is 0 Å². The van der Waals surface area contributed by atoms with Crippen LogP contribution in [0, 0.1) is 0 Å². The molecule has 1 aromatic rings. The van der Waals surface area contributed by atoms with Crippen molar-refractivity contribution in [1.29, 1.82) is 0 Å². The monoisotopic (exact) mass is 432 g/mol. The van der Waals surface area contributed by atoms with Crippen LogP contribution >= 0.6 is 0 Å². The predicted molar refractivity (Wildman–Crippen MR) is 117 cm³/mol. The molecule has 0 bridgehead atoms. The van der Waals surface area contributed by atoms with Gasteiger partial charge in [-0.15, -0.1) is 0 Å². The molecule has 2 rings (SSSR count). The smallest absolute Gasteiger partial charge is 0.407 e. The fourth-order valence-corrected chi connectivity index (χ4v) is 3.23. The second-order valence-electron chi connectivity index (χ2n) is 8.57. The van der Waals surface area contributed by atoms with Gasteiger partial charge in [0.05, 0.1) is 0 Å². The molecule has 9 nitrogen and oxygen atoms in total. The van der Waals surface area contributed by atoms with Crippen LogP contribution < -0.4 is 16.0 Å². The van der Waals surface area contributed by atoms with E-state index in [9.17, 15) is 19.2 Å². The number of amides is 4. The van der Waals surface area contributed by atoms with E-state index < -0.39 is 11.7 Å². The topological polar surface area (TPSA) is 117 Å². The average Bonchev–Trinajstić information content (AvgIpc) is 2.66. The van der Waals surface area contributed by atoms with Gasteiger partial charge in [-0.2, -0.15) is 0 Å². The highest BCUT2D eigenvalue weighted by atomic mass is 16.6. The molecule has 1 heterocycles. The van der Waals surface area contributed by atoms with Gasteiger partial charge in [0.1, 0.15) is 5.60 Å². The molecule has 1 saturated heterocycles. The Hall–Kier alpha value is -3.10. The van der Waals surface area contributed by atoms with Crippen molar-refractivity contribution < 1.29 is 23.9 Å². The summed E-state index contributed by atoms with van der Waals surface area (Å²) in [6.45, 7) is 8.00. The summed E-state index contributed by atoms with van der Waals surface area (Å²) in [4.78, 5) is 49.4. The van der Waals surface area contributed by atoms with E-state index in [2.05, 4.69) is 16.0 Å². The van der Waals surface area contributed by atoms with Gasteiger partial charge in [-0.1, -0.05) is 6.07 Å². The molecule has 0 radical (unpaired) electrons. The molecule has 0 aliphatic carbocycles. The van der Waals surface area contributed by atoms with Gasteiger partial charge in [0, 0.05) is 50.3 Å². The van der Waals surface area contributed by atoms with Crippen LogP contribution in [0.1, 0.15) is 57.3 Å². The van der Waals surface area contributed by atoms with Gasteiger partial charge in [-0.25, -0.2) is 4.79 Å². The Bertz CT molecular complexity index is 810. The third-order valence-corrected chi connectivity index (χ3v) is 4.60. The fraction of sp³-hybridized carbons (Fsp3) is 0.545. The number of alkyl carbamates (subject to hydrolysis) is 1. The van der Waals surface area contributed by atoms with Crippen molar-refractivity contribution in [3.63, 3.8) is 0 Å². The number of ether oxygens (including phenoxy) is 1. The first kappa shape index (κ1) is 24.2. The molecule has 0 atom stereocenters. The molecule has 9 heteroatoms. The summed E-state index contributed by atoms with van der Waals surface area (Å²) < 4.78 is 5.13. The van der Waals surface area contributed by atoms with Gasteiger partial charge >= 0.3 is 6.09 Å². The van der Waals surface area contributed by atoms with E-state index in [1.54, 1.807) is 49.9 Å². The van der Waals surface area contributed by atoms with E-state index in [0.29, 0.717) is 37.2 Å². The second-order valence-corrected chi connectivity index (χ2v) is 8.57. The number of carbonyl (C=O) groups is 4. The number of anilines is 1. The third kappa shape index (κ3) is 8.65. The Labute approximate surface area is 182 Å². The number of hydrogen-bond donors (Lipinski definition) is 3. The first-order valence-corrected chi connectivity index (χ1v) is 10.5. The normalized spacial score (nSPS) is 14.5. The van der Waals surface area contributed by atoms with Gasteiger partial charge in [-0.05, 0) is 51.8 Å². The van der Waals surface area contributed by atoms with E-state index >= 15 is 0 Å². The van der Waals surface area contributed by atoms with Crippen molar-refractivity contribution >= 4 is 29.5 Å². The molecule has 0 saturated carbocycles. The largest absolute Gasteiger partial charge is 0.444 e. The van der Waals surface area contributed by atoms with E-state index in [4.69, 9.17) is 4.74 Å². The van der Waals surface area contributed by atoms with E-state index in [0.717, 1.165) is 0 Å². The lowest BCUT2D eigenvalue weighted by Crippen LogP contribution is -2.47. The molecule has 0 spiro atoms. The highest BCUT2D eigenvalue weighted by Crippen LogP contribution is 2.17. The highest BCUT2D eigenvalue weighted by Gasteiger charge is 2.25. The SMILES string of the molecule is CC(=O)Nc1cccc(C(=O)N2CCC(NC(=O)CCNC(=O)OC(C)(C)C)CC2)c1. The Morgan fingerprint density at radius 1 is 1.13 bits per heavy atom. The van der Waals surface area contributed by atoms with E-state index in [1.165, 1.54) is 6.92 Å². The van der Waals surface area contributed by atoms with Crippen LogP contribution in [0.15, 0.2) is 24.3 Å². The minimum absolute atomic E-state index is 0.0104. The van der Waals surface area contributed by atoms with Crippen LogP contribution in [-0.4, -0.2) is 60.0 Å². The Balaban J connectivity index is 1.73. The zero-order valence-electron chi connectivity index (χ0n) is 18.6. The summed E-state index contributed by atoms with van der Waals surface area (Å²) in [6, 6.07) is 6.84. The Kier molecular flexibility index (Phi) is 8.41. The molecular formula is C22H32N4O5. The lowest BCUT2D eigenvalue weighted by atomic mass is 10.0. The number of hydrogen-bond acceptors (Lipinski definition) is 5. The summed E-state index contributed by atoms with van der Waals surface area (Å²) in [5.74, 6) is -0.440. The van der Waals surface area contributed by atoms with Gasteiger partial charge in [0.15, 0.2) is 0 Å². The van der Waals surface area contributed by atoms with Crippen LogP contribution in [0.25, 0.3) is 0 Å².